The number of aromatic nitrogens is 1. The van der Waals surface area contributed by atoms with Gasteiger partial charge in [0.25, 0.3) is 0 Å². The Labute approximate surface area is 192 Å². The van der Waals surface area contributed by atoms with Crippen LogP contribution in [-0.4, -0.2) is 4.98 Å². The van der Waals surface area contributed by atoms with E-state index in [1.807, 2.05) is 18.5 Å². The van der Waals surface area contributed by atoms with Crippen molar-refractivity contribution in [2.75, 3.05) is 4.90 Å². The normalized spacial score (nSPS) is 11.6. The molecule has 6 aromatic rings. The SMILES string of the molecule is c1cncc(N(c2cccc3ccccc23)c2ccc3c4c(cccc24)-c2ccccc2-3)c1. The van der Waals surface area contributed by atoms with Crippen LogP contribution in [0, 0.1) is 0 Å². The Morgan fingerprint density at radius 1 is 0.485 bits per heavy atom. The lowest BCUT2D eigenvalue weighted by Gasteiger charge is -2.28. The second kappa shape index (κ2) is 7.04. The fraction of sp³-hybridized carbons (Fsp3) is 0. The van der Waals surface area contributed by atoms with Crippen molar-refractivity contribution in [2.45, 2.75) is 0 Å². The van der Waals surface area contributed by atoms with Crippen molar-refractivity contribution in [1.29, 1.82) is 0 Å². The molecule has 0 N–H and O–H groups in total. The molecule has 1 aromatic heterocycles. The summed E-state index contributed by atoms with van der Waals surface area (Å²) in [6, 6.07) is 39.1. The molecule has 0 unspecified atom stereocenters. The van der Waals surface area contributed by atoms with Gasteiger partial charge in [0.05, 0.1) is 23.3 Å². The molecule has 33 heavy (non-hydrogen) atoms. The minimum Gasteiger partial charge on any atom is -0.308 e. The summed E-state index contributed by atoms with van der Waals surface area (Å²) in [4.78, 5) is 6.80. The zero-order valence-corrected chi connectivity index (χ0v) is 17.9. The van der Waals surface area contributed by atoms with Crippen LogP contribution in [0.1, 0.15) is 0 Å². The molecule has 1 aliphatic carbocycles. The molecule has 0 spiro atoms. The minimum atomic E-state index is 1.05. The summed E-state index contributed by atoms with van der Waals surface area (Å²) in [5, 5.41) is 5.01. The molecule has 0 aliphatic heterocycles. The molecule has 0 saturated carbocycles. The van der Waals surface area contributed by atoms with Crippen molar-refractivity contribution in [3.63, 3.8) is 0 Å². The van der Waals surface area contributed by atoms with Crippen LogP contribution in [0.3, 0.4) is 0 Å². The Kier molecular flexibility index (Phi) is 3.88. The predicted octanol–water partition coefficient (Wildman–Crippen LogP) is 8.51. The Morgan fingerprint density at radius 3 is 2.00 bits per heavy atom. The van der Waals surface area contributed by atoms with Crippen molar-refractivity contribution in [2.24, 2.45) is 0 Å². The van der Waals surface area contributed by atoms with E-state index in [4.69, 9.17) is 0 Å². The summed E-state index contributed by atoms with van der Waals surface area (Å²) in [7, 11) is 0. The first kappa shape index (κ1) is 18.2. The molecule has 0 amide bonds. The van der Waals surface area contributed by atoms with Gasteiger partial charge >= 0.3 is 0 Å². The highest BCUT2D eigenvalue weighted by Gasteiger charge is 2.25. The molecule has 1 aliphatic rings. The molecular formula is C31H20N2. The molecular weight excluding hydrogens is 400 g/mol. The van der Waals surface area contributed by atoms with Crippen molar-refractivity contribution in [3.05, 3.63) is 122 Å². The van der Waals surface area contributed by atoms with Crippen LogP contribution < -0.4 is 4.90 Å². The van der Waals surface area contributed by atoms with Crippen molar-refractivity contribution in [1.82, 2.24) is 4.98 Å². The Morgan fingerprint density at radius 2 is 1.15 bits per heavy atom. The van der Waals surface area contributed by atoms with E-state index in [0.717, 1.165) is 17.1 Å². The van der Waals surface area contributed by atoms with E-state index in [1.165, 1.54) is 43.8 Å². The second-order valence-corrected chi connectivity index (χ2v) is 8.45. The molecule has 7 rings (SSSR count). The van der Waals surface area contributed by atoms with Crippen LogP contribution in [0.5, 0.6) is 0 Å². The van der Waals surface area contributed by atoms with Gasteiger partial charge < -0.3 is 4.90 Å². The summed E-state index contributed by atoms with van der Waals surface area (Å²) in [5.74, 6) is 0. The smallest absolute Gasteiger partial charge is 0.0645 e. The first-order valence-electron chi connectivity index (χ1n) is 11.2. The van der Waals surface area contributed by atoms with E-state index in [1.54, 1.807) is 0 Å². The third-order valence-corrected chi connectivity index (χ3v) is 6.68. The number of pyridine rings is 1. The van der Waals surface area contributed by atoms with Crippen molar-refractivity contribution >= 4 is 38.6 Å². The zero-order valence-electron chi connectivity index (χ0n) is 17.9. The summed E-state index contributed by atoms with van der Waals surface area (Å²) >= 11 is 0. The molecule has 5 aromatic carbocycles. The average Bonchev–Trinajstić information content (AvgIpc) is 3.22. The minimum absolute atomic E-state index is 1.05. The number of benzene rings is 5. The molecule has 2 heteroatoms. The van der Waals surface area contributed by atoms with Gasteiger partial charge in [-0.2, -0.15) is 0 Å². The largest absolute Gasteiger partial charge is 0.308 e. The monoisotopic (exact) mass is 420 g/mol. The van der Waals surface area contributed by atoms with Crippen LogP contribution in [0.25, 0.3) is 43.8 Å². The highest BCUT2D eigenvalue weighted by Crippen LogP contribution is 2.51. The van der Waals surface area contributed by atoms with E-state index >= 15 is 0 Å². The number of anilines is 3. The fourth-order valence-corrected chi connectivity index (χ4v) is 5.29. The van der Waals surface area contributed by atoms with Gasteiger partial charge in [-0.15, -0.1) is 0 Å². The zero-order chi connectivity index (χ0) is 21.8. The van der Waals surface area contributed by atoms with E-state index < -0.39 is 0 Å². The number of hydrogen-bond donors (Lipinski definition) is 0. The molecule has 0 atom stereocenters. The van der Waals surface area contributed by atoms with E-state index in [9.17, 15) is 0 Å². The van der Waals surface area contributed by atoms with Crippen LogP contribution in [0.15, 0.2) is 122 Å². The van der Waals surface area contributed by atoms with Gasteiger partial charge in [0, 0.05) is 17.0 Å². The van der Waals surface area contributed by atoms with Crippen LogP contribution in [0.2, 0.25) is 0 Å². The molecule has 0 fully saturated rings. The summed E-state index contributed by atoms with van der Waals surface area (Å²) in [5.41, 5.74) is 8.60. The van der Waals surface area contributed by atoms with Crippen LogP contribution >= 0.6 is 0 Å². The van der Waals surface area contributed by atoms with Gasteiger partial charge in [0.2, 0.25) is 0 Å². The molecule has 1 heterocycles. The van der Waals surface area contributed by atoms with E-state index in [0.29, 0.717) is 0 Å². The molecule has 0 radical (unpaired) electrons. The number of nitrogens with zero attached hydrogens (tertiary/aromatic N) is 2. The Balaban J connectivity index is 1.57. The topological polar surface area (TPSA) is 16.1 Å². The predicted molar refractivity (Wildman–Crippen MR) is 138 cm³/mol. The highest BCUT2D eigenvalue weighted by molar-refractivity contribution is 6.19. The van der Waals surface area contributed by atoms with Gasteiger partial charge in [-0.1, -0.05) is 84.9 Å². The van der Waals surface area contributed by atoms with Crippen molar-refractivity contribution in [3.8, 4) is 22.3 Å². The Bertz CT molecular complexity index is 1630. The summed E-state index contributed by atoms with van der Waals surface area (Å²) < 4.78 is 0. The van der Waals surface area contributed by atoms with Gasteiger partial charge in [-0.05, 0) is 57.3 Å². The second-order valence-electron chi connectivity index (χ2n) is 8.45. The highest BCUT2D eigenvalue weighted by atomic mass is 15.1. The number of rotatable bonds is 3. The van der Waals surface area contributed by atoms with Crippen LogP contribution in [-0.2, 0) is 0 Å². The van der Waals surface area contributed by atoms with Gasteiger partial charge in [-0.3, -0.25) is 4.98 Å². The van der Waals surface area contributed by atoms with Gasteiger partial charge in [0.15, 0.2) is 0 Å². The average molecular weight is 421 g/mol. The van der Waals surface area contributed by atoms with Crippen molar-refractivity contribution < 1.29 is 0 Å². The van der Waals surface area contributed by atoms with E-state index in [2.05, 4.69) is 113 Å². The maximum Gasteiger partial charge on any atom is 0.0645 e. The molecule has 0 saturated heterocycles. The van der Waals surface area contributed by atoms with E-state index in [-0.39, 0.29) is 0 Å². The third-order valence-electron chi connectivity index (χ3n) is 6.68. The first-order chi connectivity index (χ1) is 16.4. The number of fused-ring (bicyclic) bond motifs is 4. The fourth-order valence-electron chi connectivity index (χ4n) is 5.29. The first-order valence-corrected chi connectivity index (χ1v) is 11.2. The lowest BCUT2D eigenvalue weighted by atomic mass is 9.99. The maximum atomic E-state index is 4.45. The molecule has 2 nitrogen and oxygen atoms in total. The molecule has 0 bridgehead atoms. The lowest BCUT2D eigenvalue weighted by Crippen LogP contribution is -2.11. The Hall–Kier alpha value is -4.43. The summed E-state index contributed by atoms with van der Waals surface area (Å²) in [6.45, 7) is 0. The lowest BCUT2D eigenvalue weighted by molar-refractivity contribution is 1.24. The summed E-state index contributed by atoms with van der Waals surface area (Å²) in [6.07, 6.45) is 3.77. The quantitative estimate of drug-likeness (QED) is 0.285. The number of hydrogen-bond acceptors (Lipinski definition) is 2. The standard InChI is InChI=1S/C31H20N2/c1-2-11-23-21(8-1)9-5-16-29(23)33(22-10-7-19-32-20-22)30-18-17-27-25-13-4-3-12-24(25)26-14-6-15-28(30)31(26)27/h1-20H. The molecule has 154 valence electrons. The third kappa shape index (κ3) is 2.64. The van der Waals surface area contributed by atoms with Gasteiger partial charge in [0.1, 0.15) is 0 Å². The van der Waals surface area contributed by atoms with Gasteiger partial charge in [-0.25, -0.2) is 0 Å². The maximum absolute atomic E-state index is 4.45. The van der Waals surface area contributed by atoms with Crippen LogP contribution in [0.4, 0.5) is 17.1 Å².